The summed E-state index contributed by atoms with van der Waals surface area (Å²) in [6.45, 7) is 1.71. The Kier molecular flexibility index (Phi) is 4.36. The molecule has 2 aromatic carbocycles. The number of hydrogen-bond donors (Lipinski definition) is 0. The smallest absolute Gasteiger partial charge is 0.280 e. The highest BCUT2D eigenvalue weighted by molar-refractivity contribution is 7.95. The largest absolute Gasteiger partial charge is 0.454 e. The first-order chi connectivity index (χ1) is 12.3. The number of nitro benzene ring substituents is 1. The highest BCUT2D eigenvalue weighted by Gasteiger charge is 2.26. The van der Waals surface area contributed by atoms with Crippen LogP contribution in [0.15, 0.2) is 46.2 Å². The number of nitrogens with zero attached hydrogens (tertiary/aromatic N) is 2. The molecule has 0 aliphatic carbocycles. The van der Waals surface area contributed by atoms with E-state index in [9.17, 15) is 23.8 Å². The van der Waals surface area contributed by atoms with Gasteiger partial charge in [-0.25, -0.2) is 8.42 Å². The van der Waals surface area contributed by atoms with Crippen molar-refractivity contribution in [1.29, 1.82) is 5.26 Å². The number of hydrogen-bond acceptors (Lipinski definition) is 7. The van der Waals surface area contributed by atoms with Crippen LogP contribution < -0.4 is 9.47 Å². The zero-order valence-corrected chi connectivity index (χ0v) is 14.3. The second-order valence-corrected chi connectivity index (χ2v) is 7.38. The van der Waals surface area contributed by atoms with Crippen LogP contribution in [0.4, 0.5) is 5.69 Å². The van der Waals surface area contributed by atoms with E-state index in [2.05, 4.69) is 0 Å². The molecule has 26 heavy (non-hydrogen) atoms. The summed E-state index contributed by atoms with van der Waals surface area (Å²) in [6, 6.07) is 10.00. The molecule has 0 aromatic heterocycles. The summed E-state index contributed by atoms with van der Waals surface area (Å²) in [5.41, 5.74) is 0.408. The maximum atomic E-state index is 12.7. The molecule has 0 amide bonds. The van der Waals surface area contributed by atoms with Gasteiger partial charge in [0.2, 0.25) is 16.6 Å². The van der Waals surface area contributed by atoms with E-state index in [1.165, 1.54) is 18.2 Å². The number of benzene rings is 2. The molecule has 2 aromatic rings. The molecule has 8 nitrogen and oxygen atoms in total. The van der Waals surface area contributed by atoms with Gasteiger partial charge in [0.05, 0.1) is 21.4 Å². The standard InChI is InChI=1S/C17H12N2O6S/c1-11-2-4-13(5-3-11)26(22,23)14(9-18)6-12-7-16-17(25-10-24-16)8-15(12)19(20)21/h2-8H,10H2,1H3/b14-6+. The second-order valence-electron chi connectivity index (χ2n) is 5.46. The Labute approximate surface area is 149 Å². The average Bonchev–Trinajstić information content (AvgIpc) is 3.06. The number of nitro groups is 1. The van der Waals surface area contributed by atoms with Crippen LogP contribution in [0.3, 0.4) is 0 Å². The van der Waals surface area contributed by atoms with Crippen molar-refractivity contribution < 1.29 is 22.8 Å². The summed E-state index contributed by atoms with van der Waals surface area (Å²) in [5, 5.41) is 20.6. The van der Waals surface area contributed by atoms with Crippen molar-refractivity contribution in [3.63, 3.8) is 0 Å². The molecule has 1 heterocycles. The lowest BCUT2D eigenvalue weighted by molar-refractivity contribution is -0.385. The zero-order valence-electron chi connectivity index (χ0n) is 13.5. The van der Waals surface area contributed by atoms with Gasteiger partial charge in [0, 0.05) is 0 Å². The summed E-state index contributed by atoms with van der Waals surface area (Å²) in [5.74, 6) is 0.431. The Morgan fingerprint density at radius 2 is 1.85 bits per heavy atom. The van der Waals surface area contributed by atoms with E-state index in [0.717, 1.165) is 17.7 Å². The molecule has 0 radical (unpaired) electrons. The first-order valence-corrected chi connectivity index (χ1v) is 8.83. The lowest BCUT2D eigenvalue weighted by atomic mass is 10.1. The SMILES string of the molecule is Cc1ccc(S(=O)(=O)/C(C#N)=C/c2cc3c(cc2[N+](=O)[O-])OCO3)cc1. The van der Waals surface area contributed by atoms with Gasteiger partial charge in [0.1, 0.15) is 11.0 Å². The van der Waals surface area contributed by atoms with E-state index >= 15 is 0 Å². The van der Waals surface area contributed by atoms with Gasteiger partial charge in [0.15, 0.2) is 11.5 Å². The van der Waals surface area contributed by atoms with Crippen LogP contribution in [0.5, 0.6) is 11.5 Å². The van der Waals surface area contributed by atoms with Crippen LogP contribution in [0.25, 0.3) is 6.08 Å². The lowest BCUT2D eigenvalue weighted by Crippen LogP contribution is -2.04. The number of nitriles is 1. The van der Waals surface area contributed by atoms with Crippen LogP contribution in [-0.2, 0) is 9.84 Å². The number of sulfone groups is 1. The van der Waals surface area contributed by atoms with Gasteiger partial charge in [-0.3, -0.25) is 10.1 Å². The molecule has 0 saturated carbocycles. The Morgan fingerprint density at radius 1 is 1.23 bits per heavy atom. The third-order valence-electron chi connectivity index (χ3n) is 3.74. The number of ether oxygens (including phenoxy) is 2. The Balaban J connectivity index is 2.14. The van der Waals surface area contributed by atoms with Crippen molar-refractivity contribution in [3.05, 3.63) is 62.5 Å². The second kappa shape index (κ2) is 6.50. The van der Waals surface area contributed by atoms with Crippen LogP contribution in [0.1, 0.15) is 11.1 Å². The lowest BCUT2D eigenvalue weighted by Gasteiger charge is -2.05. The van der Waals surface area contributed by atoms with Gasteiger partial charge < -0.3 is 9.47 Å². The fourth-order valence-electron chi connectivity index (χ4n) is 2.38. The first kappa shape index (κ1) is 17.4. The average molecular weight is 372 g/mol. The minimum Gasteiger partial charge on any atom is -0.454 e. The highest BCUT2D eigenvalue weighted by atomic mass is 32.2. The number of aryl methyl sites for hydroxylation is 1. The number of allylic oxidation sites excluding steroid dienone is 1. The van der Waals surface area contributed by atoms with Crippen LogP contribution in [-0.4, -0.2) is 20.1 Å². The molecule has 0 N–H and O–H groups in total. The molecule has 3 rings (SSSR count). The van der Waals surface area contributed by atoms with Crippen molar-refractivity contribution in [1.82, 2.24) is 0 Å². The molecule has 1 aliphatic heterocycles. The quantitative estimate of drug-likeness (QED) is 0.459. The molecule has 0 spiro atoms. The summed E-state index contributed by atoms with van der Waals surface area (Å²) in [7, 11) is -4.12. The Hall–Kier alpha value is -3.38. The fourth-order valence-corrected chi connectivity index (χ4v) is 3.53. The molecule has 9 heteroatoms. The first-order valence-electron chi connectivity index (χ1n) is 7.34. The van der Waals surface area contributed by atoms with E-state index in [4.69, 9.17) is 9.47 Å². The minimum absolute atomic E-state index is 0.0634. The number of rotatable bonds is 4. The van der Waals surface area contributed by atoms with E-state index in [1.54, 1.807) is 25.1 Å². The molecular formula is C17H12N2O6S. The van der Waals surface area contributed by atoms with E-state index < -0.39 is 19.7 Å². The minimum atomic E-state index is -4.12. The maximum absolute atomic E-state index is 12.7. The van der Waals surface area contributed by atoms with E-state index in [-0.39, 0.29) is 34.4 Å². The highest BCUT2D eigenvalue weighted by Crippen LogP contribution is 2.39. The van der Waals surface area contributed by atoms with Gasteiger partial charge in [-0.2, -0.15) is 5.26 Å². The molecule has 0 saturated heterocycles. The van der Waals surface area contributed by atoms with Crippen molar-refractivity contribution in [2.24, 2.45) is 0 Å². The van der Waals surface area contributed by atoms with Crippen LogP contribution in [0.2, 0.25) is 0 Å². The topological polar surface area (TPSA) is 120 Å². The van der Waals surface area contributed by atoms with Gasteiger partial charge in [-0.15, -0.1) is 0 Å². The van der Waals surface area contributed by atoms with Crippen LogP contribution in [0, 0.1) is 28.4 Å². The number of fused-ring (bicyclic) bond motifs is 1. The molecule has 0 atom stereocenters. The molecular weight excluding hydrogens is 360 g/mol. The monoisotopic (exact) mass is 372 g/mol. The maximum Gasteiger partial charge on any atom is 0.280 e. The molecule has 0 fully saturated rings. The van der Waals surface area contributed by atoms with Gasteiger partial charge in [-0.1, -0.05) is 17.7 Å². The van der Waals surface area contributed by atoms with E-state index in [0.29, 0.717) is 0 Å². The van der Waals surface area contributed by atoms with Crippen molar-refractivity contribution in [2.45, 2.75) is 11.8 Å². The zero-order chi connectivity index (χ0) is 18.9. The fraction of sp³-hybridized carbons (Fsp3) is 0.118. The molecule has 0 bridgehead atoms. The summed E-state index contributed by atoms with van der Waals surface area (Å²) in [4.78, 5) is 9.94. The predicted octanol–water partition coefficient (Wildman–Crippen LogP) is 2.97. The molecule has 1 aliphatic rings. The van der Waals surface area contributed by atoms with Gasteiger partial charge in [-0.05, 0) is 31.2 Å². The predicted molar refractivity (Wildman–Crippen MR) is 91.2 cm³/mol. The van der Waals surface area contributed by atoms with Crippen molar-refractivity contribution in [2.75, 3.05) is 6.79 Å². The van der Waals surface area contributed by atoms with Gasteiger partial charge in [0.25, 0.3) is 5.69 Å². The Bertz CT molecular complexity index is 1070. The summed E-state index contributed by atoms with van der Waals surface area (Å²) >= 11 is 0. The van der Waals surface area contributed by atoms with Crippen LogP contribution >= 0.6 is 0 Å². The molecule has 132 valence electrons. The van der Waals surface area contributed by atoms with E-state index in [1.807, 2.05) is 0 Å². The molecule has 0 unspecified atom stereocenters. The van der Waals surface area contributed by atoms with Crippen molar-refractivity contribution in [3.8, 4) is 17.6 Å². The normalized spacial score (nSPS) is 13.3. The van der Waals surface area contributed by atoms with Crippen molar-refractivity contribution >= 4 is 21.6 Å². The van der Waals surface area contributed by atoms with Gasteiger partial charge >= 0.3 is 0 Å². The third kappa shape index (κ3) is 3.10. The summed E-state index contributed by atoms with van der Waals surface area (Å²) in [6.07, 6.45) is 0.968. The third-order valence-corrected chi connectivity index (χ3v) is 5.42. The summed E-state index contributed by atoms with van der Waals surface area (Å²) < 4.78 is 35.6. The Morgan fingerprint density at radius 3 is 2.42 bits per heavy atom.